The molecule has 0 N–H and O–H groups in total. The lowest BCUT2D eigenvalue weighted by atomic mass is 9.88. The number of rotatable bonds is 5. The van der Waals surface area contributed by atoms with E-state index in [4.69, 9.17) is 0 Å². The molecule has 0 unspecified atom stereocenters. The molecule has 1 fully saturated rings. The average molecular weight is 452 g/mol. The highest BCUT2D eigenvalue weighted by Gasteiger charge is 2.25. The number of nitrogens with zero attached hydrogens (tertiary/aromatic N) is 2. The Morgan fingerprint density at radius 1 is 0.909 bits per heavy atom. The highest BCUT2D eigenvalue weighted by atomic mass is 19.1. The number of hydrogen-bond acceptors (Lipinski definition) is 2. The van der Waals surface area contributed by atoms with Crippen molar-refractivity contribution in [3.05, 3.63) is 88.5 Å². The van der Waals surface area contributed by atoms with E-state index in [-0.39, 0.29) is 17.0 Å². The fraction of sp³-hybridized carbons (Fsp3) is 0.296. The summed E-state index contributed by atoms with van der Waals surface area (Å²) in [7, 11) is 0. The van der Waals surface area contributed by atoms with Crippen molar-refractivity contribution < 1.29 is 17.6 Å². The van der Waals surface area contributed by atoms with Crippen LogP contribution in [0.4, 0.5) is 23.2 Å². The summed E-state index contributed by atoms with van der Waals surface area (Å²) in [5.74, 6) is -1.87. The van der Waals surface area contributed by atoms with E-state index >= 15 is 0 Å². The summed E-state index contributed by atoms with van der Waals surface area (Å²) in [5, 5.41) is 9.39. The maximum absolute atomic E-state index is 14.9. The molecule has 1 saturated heterocycles. The minimum atomic E-state index is -0.588. The average Bonchev–Trinajstić information content (AvgIpc) is 2.82. The first kappa shape index (κ1) is 22.8. The van der Waals surface area contributed by atoms with Crippen molar-refractivity contribution in [1.29, 1.82) is 5.26 Å². The van der Waals surface area contributed by atoms with Gasteiger partial charge in [-0.05, 0) is 79.1 Å². The third-order valence-corrected chi connectivity index (χ3v) is 6.43. The summed E-state index contributed by atoms with van der Waals surface area (Å²) in [6.45, 7) is 3.09. The molecule has 33 heavy (non-hydrogen) atoms. The van der Waals surface area contributed by atoms with Crippen LogP contribution in [0.5, 0.6) is 0 Å². The first-order valence-electron chi connectivity index (χ1n) is 11.1. The molecule has 0 spiro atoms. The Morgan fingerprint density at radius 3 is 2.30 bits per heavy atom. The predicted octanol–water partition coefficient (Wildman–Crippen LogP) is 6.80. The minimum absolute atomic E-state index is 0.195. The summed E-state index contributed by atoms with van der Waals surface area (Å²) < 4.78 is 56.7. The highest BCUT2D eigenvalue weighted by Crippen LogP contribution is 2.39. The van der Waals surface area contributed by atoms with Crippen molar-refractivity contribution >= 4 is 5.69 Å². The Bertz CT molecular complexity index is 1210. The number of halogens is 4. The van der Waals surface area contributed by atoms with Gasteiger partial charge in [-0.2, -0.15) is 5.26 Å². The molecule has 0 amide bonds. The normalized spacial score (nSPS) is 14.4. The zero-order valence-corrected chi connectivity index (χ0v) is 18.3. The predicted molar refractivity (Wildman–Crippen MR) is 121 cm³/mol. The molecule has 6 heteroatoms. The van der Waals surface area contributed by atoms with Crippen LogP contribution in [0.2, 0.25) is 0 Å². The van der Waals surface area contributed by atoms with Crippen LogP contribution in [0, 0.1) is 40.5 Å². The lowest BCUT2D eigenvalue weighted by molar-refractivity contribution is 0.397. The van der Waals surface area contributed by atoms with E-state index in [1.54, 1.807) is 25.1 Å². The molecule has 2 nitrogen and oxygen atoms in total. The Kier molecular flexibility index (Phi) is 6.69. The van der Waals surface area contributed by atoms with E-state index < -0.39 is 23.3 Å². The van der Waals surface area contributed by atoms with Gasteiger partial charge in [-0.25, -0.2) is 17.6 Å². The van der Waals surface area contributed by atoms with Gasteiger partial charge >= 0.3 is 0 Å². The summed E-state index contributed by atoms with van der Waals surface area (Å²) in [5.41, 5.74) is 2.61. The minimum Gasteiger partial charge on any atom is -0.371 e. The highest BCUT2D eigenvalue weighted by molar-refractivity contribution is 5.82. The molecule has 1 heterocycles. The maximum Gasteiger partial charge on any atom is 0.131 e. The molecule has 0 aromatic heterocycles. The van der Waals surface area contributed by atoms with Crippen molar-refractivity contribution in [3.8, 4) is 17.2 Å². The Balaban J connectivity index is 1.61. The molecule has 4 rings (SSSR count). The van der Waals surface area contributed by atoms with Gasteiger partial charge < -0.3 is 4.90 Å². The van der Waals surface area contributed by atoms with E-state index in [0.29, 0.717) is 42.6 Å². The molecule has 0 bridgehead atoms. The monoisotopic (exact) mass is 452 g/mol. The maximum atomic E-state index is 14.9. The van der Waals surface area contributed by atoms with Crippen molar-refractivity contribution in [2.45, 2.75) is 32.6 Å². The molecule has 1 aliphatic heterocycles. The van der Waals surface area contributed by atoms with E-state index in [2.05, 4.69) is 11.0 Å². The molecule has 0 aliphatic carbocycles. The van der Waals surface area contributed by atoms with Crippen LogP contribution < -0.4 is 4.90 Å². The summed E-state index contributed by atoms with van der Waals surface area (Å²) in [4.78, 5) is 2.11. The molecule has 0 radical (unpaired) electrons. The van der Waals surface area contributed by atoms with Crippen LogP contribution in [0.25, 0.3) is 11.1 Å². The van der Waals surface area contributed by atoms with Gasteiger partial charge in [0.2, 0.25) is 0 Å². The summed E-state index contributed by atoms with van der Waals surface area (Å²) >= 11 is 0. The quantitative estimate of drug-likeness (QED) is 0.398. The largest absolute Gasteiger partial charge is 0.371 e. The van der Waals surface area contributed by atoms with Crippen molar-refractivity contribution in [2.75, 3.05) is 18.0 Å². The van der Waals surface area contributed by atoms with Crippen LogP contribution in [-0.4, -0.2) is 13.1 Å². The molecule has 3 aromatic carbocycles. The second kappa shape index (κ2) is 9.66. The van der Waals surface area contributed by atoms with Gasteiger partial charge in [0.15, 0.2) is 0 Å². The van der Waals surface area contributed by atoms with Gasteiger partial charge in [-0.3, -0.25) is 0 Å². The number of nitriles is 1. The van der Waals surface area contributed by atoms with Gasteiger partial charge in [-0.1, -0.05) is 13.0 Å². The number of hydrogen-bond donors (Lipinski definition) is 0. The summed E-state index contributed by atoms with van der Waals surface area (Å²) in [6.07, 6.45) is 2.41. The van der Waals surface area contributed by atoms with E-state index in [9.17, 15) is 22.8 Å². The zero-order valence-electron chi connectivity index (χ0n) is 18.3. The molecule has 0 atom stereocenters. The van der Waals surface area contributed by atoms with Crippen molar-refractivity contribution in [2.24, 2.45) is 5.92 Å². The van der Waals surface area contributed by atoms with Crippen LogP contribution >= 0.6 is 0 Å². The van der Waals surface area contributed by atoms with E-state index in [1.807, 2.05) is 0 Å². The van der Waals surface area contributed by atoms with E-state index in [0.717, 1.165) is 36.7 Å². The second-order valence-electron chi connectivity index (χ2n) is 8.45. The van der Waals surface area contributed by atoms with Gasteiger partial charge in [0, 0.05) is 36.0 Å². The van der Waals surface area contributed by atoms with Gasteiger partial charge in [-0.15, -0.1) is 0 Å². The number of anilines is 1. The Morgan fingerprint density at radius 2 is 1.64 bits per heavy atom. The fourth-order valence-corrected chi connectivity index (χ4v) is 4.69. The molecular weight excluding hydrogens is 428 g/mol. The number of piperidine rings is 1. The van der Waals surface area contributed by atoms with Crippen LogP contribution in [-0.2, 0) is 12.8 Å². The van der Waals surface area contributed by atoms with Crippen LogP contribution in [0.1, 0.15) is 36.5 Å². The van der Waals surface area contributed by atoms with Gasteiger partial charge in [0.05, 0.1) is 11.6 Å². The third-order valence-electron chi connectivity index (χ3n) is 6.43. The lowest BCUT2D eigenvalue weighted by Gasteiger charge is -2.35. The third kappa shape index (κ3) is 4.73. The van der Waals surface area contributed by atoms with Crippen LogP contribution in [0.15, 0.2) is 48.5 Å². The molecule has 0 saturated carbocycles. The SMILES string of the molecule is CCc1c(F)ccc(F)c1-c1cc(C#N)ccc1N1CCC(Cc2ccc(F)cc2F)CC1. The first-order valence-corrected chi connectivity index (χ1v) is 11.1. The summed E-state index contributed by atoms with van der Waals surface area (Å²) in [6, 6.07) is 13.1. The topological polar surface area (TPSA) is 27.0 Å². The Hall–Kier alpha value is -3.33. The zero-order chi connectivity index (χ0) is 23.5. The second-order valence-corrected chi connectivity index (χ2v) is 8.45. The van der Waals surface area contributed by atoms with Crippen molar-refractivity contribution in [1.82, 2.24) is 0 Å². The number of benzene rings is 3. The van der Waals surface area contributed by atoms with E-state index in [1.165, 1.54) is 12.1 Å². The van der Waals surface area contributed by atoms with Crippen molar-refractivity contribution in [3.63, 3.8) is 0 Å². The molecule has 170 valence electrons. The molecule has 1 aliphatic rings. The van der Waals surface area contributed by atoms with Gasteiger partial charge in [0.1, 0.15) is 23.3 Å². The Labute approximate surface area is 191 Å². The molecular formula is C27H24F4N2. The lowest BCUT2D eigenvalue weighted by Crippen LogP contribution is -2.34. The first-order chi connectivity index (χ1) is 15.9. The molecule has 3 aromatic rings. The van der Waals surface area contributed by atoms with Crippen LogP contribution in [0.3, 0.4) is 0 Å². The fourth-order valence-electron chi connectivity index (χ4n) is 4.69. The smallest absolute Gasteiger partial charge is 0.131 e. The standard InChI is InChI=1S/C27H24F4N2/c1-2-21-23(29)6-7-24(30)27(21)22-14-18(16-32)3-8-26(22)33-11-9-17(10-12-33)13-19-4-5-20(28)15-25(19)31/h3-8,14-15,17H,2,9-13H2,1H3. The van der Waals surface area contributed by atoms with Gasteiger partial charge in [0.25, 0.3) is 0 Å².